The summed E-state index contributed by atoms with van der Waals surface area (Å²) in [6.45, 7) is 2.76. The van der Waals surface area contributed by atoms with Gasteiger partial charge in [-0.1, -0.05) is 54.6 Å². The molecule has 0 bridgehead atoms. The molecule has 0 spiro atoms. The Labute approximate surface area is 232 Å². The first kappa shape index (κ1) is 25.8. The van der Waals surface area contributed by atoms with Crippen molar-refractivity contribution in [1.82, 2.24) is 4.90 Å². The fraction of sp³-hybridized carbons (Fsp3) is 0.100. The number of likely N-dealkylation sites (N-methyl/N-ethyl adjacent to an activating group) is 1. The lowest BCUT2D eigenvalue weighted by atomic mass is 10.1. The second-order valence-electron chi connectivity index (χ2n) is 8.53. The zero-order valence-electron chi connectivity index (χ0n) is 20.4. The fourth-order valence-electron chi connectivity index (χ4n) is 4.14. The van der Waals surface area contributed by atoms with Crippen LogP contribution >= 0.6 is 27.7 Å². The van der Waals surface area contributed by atoms with E-state index in [1.165, 1.54) is 29.3 Å². The van der Waals surface area contributed by atoms with E-state index in [0.29, 0.717) is 34.7 Å². The van der Waals surface area contributed by atoms with Crippen molar-refractivity contribution in [2.45, 2.75) is 13.5 Å². The lowest BCUT2D eigenvalue weighted by Gasteiger charge is -2.12. The van der Waals surface area contributed by atoms with Crippen molar-refractivity contribution in [3.8, 4) is 5.75 Å². The predicted octanol–water partition coefficient (Wildman–Crippen LogP) is 7.50. The van der Waals surface area contributed by atoms with Crippen LogP contribution in [0, 0.1) is 0 Å². The van der Waals surface area contributed by atoms with Crippen molar-refractivity contribution >= 4 is 67.3 Å². The maximum absolute atomic E-state index is 13.1. The van der Waals surface area contributed by atoms with E-state index >= 15 is 0 Å². The van der Waals surface area contributed by atoms with Crippen LogP contribution in [0.15, 0.2) is 99.3 Å². The summed E-state index contributed by atoms with van der Waals surface area (Å²) in [5.41, 5.74) is 2.58. The summed E-state index contributed by atoms with van der Waals surface area (Å²) in [6, 6.07) is 26.5. The third-order valence-electron chi connectivity index (χ3n) is 6.04. The number of hydrogen-bond acceptors (Lipinski definition) is 5. The van der Waals surface area contributed by atoms with Gasteiger partial charge in [0.25, 0.3) is 5.91 Å². The topological polar surface area (TPSA) is 79.2 Å². The molecular formula is C30H23BrN2O4S. The number of rotatable bonds is 7. The van der Waals surface area contributed by atoms with Gasteiger partial charge in [0.1, 0.15) is 12.4 Å². The van der Waals surface area contributed by atoms with Crippen LogP contribution in [0.4, 0.5) is 5.69 Å². The second-order valence-corrected chi connectivity index (χ2v) is 10.4. The third kappa shape index (κ3) is 5.51. The molecule has 1 aliphatic heterocycles. The Hall–Kier alpha value is -3.88. The van der Waals surface area contributed by atoms with E-state index in [2.05, 4.69) is 45.2 Å². The van der Waals surface area contributed by atoms with Crippen molar-refractivity contribution in [1.29, 1.82) is 0 Å². The number of aliphatic imine (C=N–C) groups is 1. The maximum Gasteiger partial charge on any atom is 0.335 e. The molecule has 1 saturated heterocycles. The number of carbonyl (C=O) groups is 2. The average Bonchev–Trinajstić information content (AvgIpc) is 3.21. The first-order valence-electron chi connectivity index (χ1n) is 12.0. The van der Waals surface area contributed by atoms with Crippen molar-refractivity contribution in [3.05, 3.63) is 111 Å². The highest BCUT2D eigenvalue weighted by Gasteiger charge is 2.32. The van der Waals surface area contributed by atoms with E-state index in [1.807, 2.05) is 49.4 Å². The summed E-state index contributed by atoms with van der Waals surface area (Å²) in [7, 11) is 0. The highest BCUT2D eigenvalue weighted by Crippen LogP contribution is 2.35. The van der Waals surface area contributed by atoms with Crippen LogP contribution in [0.1, 0.15) is 28.4 Å². The third-order valence-corrected chi connectivity index (χ3v) is 7.67. The van der Waals surface area contributed by atoms with Gasteiger partial charge in [0.15, 0.2) is 5.17 Å². The number of thioether (sulfide) groups is 1. The zero-order chi connectivity index (χ0) is 26.6. The van der Waals surface area contributed by atoms with Gasteiger partial charge in [-0.3, -0.25) is 9.69 Å². The molecule has 1 heterocycles. The number of fused-ring (bicyclic) bond motifs is 1. The van der Waals surface area contributed by atoms with Gasteiger partial charge in [-0.15, -0.1) is 0 Å². The smallest absolute Gasteiger partial charge is 0.335 e. The van der Waals surface area contributed by atoms with E-state index in [-0.39, 0.29) is 11.5 Å². The van der Waals surface area contributed by atoms with Crippen LogP contribution in [0.3, 0.4) is 0 Å². The number of aromatic carboxylic acids is 1. The number of nitrogens with zero attached hydrogens (tertiary/aromatic N) is 2. The van der Waals surface area contributed by atoms with Crippen LogP contribution in [-0.2, 0) is 11.4 Å². The van der Waals surface area contributed by atoms with Crippen molar-refractivity contribution < 1.29 is 19.4 Å². The van der Waals surface area contributed by atoms with Crippen molar-refractivity contribution in [2.24, 2.45) is 4.99 Å². The molecule has 0 aliphatic carbocycles. The van der Waals surface area contributed by atoms with E-state index in [0.717, 1.165) is 21.0 Å². The molecule has 0 radical (unpaired) electrons. The summed E-state index contributed by atoms with van der Waals surface area (Å²) in [4.78, 5) is 31.0. The van der Waals surface area contributed by atoms with E-state index < -0.39 is 5.97 Å². The molecule has 6 nitrogen and oxygen atoms in total. The molecule has 0 aromatic heterocycles. The molecule has 190 valence electrons. The molecular weight excluding hydrogens is 564 g/mol. The molecule has 0 saturated carbocycles. The molecule has 0 atom stereocenters. The van der Waals surface area contributed by atoms with E-state index in [9.17, 15) is 14.7 Å². The average molecular weight is 587 g/mol. The molecule has 1 fully saturated rings. The standard InChI is InChI=1S/C30H23BrN2O4S/c1-2-33-28(34)27(38-30(33)32-23-11-6-9-21(17-23)29(35)36)16-19-13-14-26(25(31)15-19)37-18-22-10-5-8-20-7-3-4-12-24(20)22/h3-17H,2,18H2,1H3,(H,35,36). The van der Waals surface area contributed by atoms with Crippen molar-refractivity contribution in [2.75, 3.05) is 6.54 Å². The molecule has 4 aromatic rings. The highest BCUT2D eigenvalue weighted by atomic mass is 79.9. The Balaban J connectivity index is 1.34. The fourth-order valence-corrected chi connectivity index (χ4v) is 5.71. The lowest BCUT2D eigenvalue weighted by molar-refractivity contribution is -0.122. The number of carboxylic acid groups (broad SMARTS) is 1. The number of ether oxygens (including phenoxy) is 1. The summed E-state index contributed by atoms with van der Waals surface area (Å²) >= 11 is 4.87. The van der Waals surface area contributed by atoms with E-state index in [1.54, 1.807) is 17.0 Å². The van der Waals surface area contributed by atoms with Gasteiger partial charge in [-0.2, -0.15) is 0 Å². The number of hydrogen-bond donors (Lipinski definition) is 1. The van der Waals surface area contributed by atoms with Crippen LogP contribution in [-0.4, -0.2) is 33.6 Å². The Morgan fingerprint density at radius 1 is 1.05 bits per heavy atom. The molecule has 1 amide bonds. The van der Waals surface area contributed by atoms with Gasteiger partial charge in [-0.05, 0) is 92.9 Å². The maximum atomic E-state index is 13.1. The molecule has 5 rings (SSSR count). The van der Waals surface area contributed by atoms with Crippen LogP contribution in [0.5, 0.6) is 5.75 Å². The minimum Gasteiger partial charge on any atom is -0.488 e. The molecule has 1 aliphatic rings. The lowest BCUT2D eigenvalue weighted by Crippen LogP contribution is -2.28. The second kappa shape index (κ2) is 11.2. The van der Waals surface area contributed by atoms with Gasteiger partial charge in [0.05, 0.1) is 20.6 Å². The van der Waals surface area contributed by atoms with Crippen LogP contribution in [0.25, 0.3) is 16.8 Å². The summed E-state index contributed by atoms with van der Waals surface area (Å²) in [5, 5.41) is 12.1. The molecule has 8 heteroatoms. The predicted molar refractivity (Wildman–Crippen MR) is 156 cm³/mol. The van der Waals surface area contributed by atoms with Gasteiger partial charge in [0, 0.05) is 6.54 Å². The highest BCUT2D eigenvalue weighted by molar-refractivity contribution is 9.10. The first-order chi connectivity index (χ1) is 18.4. The van der Waals surface area contributed by atoms with Gasteiger partial charge >= 0.3 is 5.97 Å². The Bertz CT molecular complexity index is 1610. The van der Waals surface area contributed by atoms with Crippen molar-refractivity contribution in [3.63, 3.8) is 0 Å². The summed E-state index contributed by atoms with van der Waals surface area (Å²) in [5.74, 6) is -0.454. The number of halogens is 1. The molecule has 38 heavy (non-hydrogen) atoms. The molecule has 4 aromatic carbocycles. The van der Waals surface area contributed by atoms with E-state index in [4.69, 9.17) is 4.74 Å². The number of carboxylic acids is 1. The Morgan fingerprint density at radius 3 is 2.63 bits per heavy atom. The monoisotopic (exact) mass is 586 g/mol. The van der Waals surface area contributed by atoms with Gasteiger partial charge in [-0.25, -0.2) is 9.79 Å². The molecule has 1 N–H and O–H groups in total. The largest absolute Gasteiger partial charge is 0.488 e. The van der Waals surface area contributed by atoms with Gasteiger partial charge < -0.3 is 9.84 Å². The number of carbonyl (C=O) groups excluding carboxylic acids is 1. The molecule has 0 unspecified atom stereocenters. The van der Waals surface area contributed by atoms with Crippen LogP contribution < -0.4 is 4.74 Å². The number of benzene rings is 4. The number of amides is 1. The normalized spacial score (nSPS) is 15.5. The Morgan fingerprint density at radius 2 is 1.84 bits per heavy atom. The zero-order valence-corrected chi connectivity index (χ0v) is 22.8. The number of amidine groups is 1. The summed E-state index contributed by atoms with van der Waals surface area (Å²) in [6.07, 6.45) is 1.82. The first-order valence-corrected chi connectivity index (χ1v) is 13.6. The SMILES string of the molecule is CCN1C(=O)C(=Cc2ccc(OCc3cccc4ccccc34)c(Br)c2)SC1=Nc1cccc(C(=O)O)c1. The minimum atomic E-state index is -1.02. The van der Waals surface area contributed by atoms with Gasteiger partial charge in [0.2, 0.25) is 0 Å². The summed E-state index contributed by atoms with van der Waals surface area (Å²) < 4.78 is 6.90. The minimum absolute atomic E-state index is 0.141. The Kier molecular flexibility index (Phi) is 7.62. The van der Waals surface area contributed by atoms with Crippen LogP contribution in [0.2, 0.25) is 0 Å². The quantitative estimate of drug-likeness (QED) is 0.227.